The maximum atomic E-state index is 13.1. The first-order valence-corrected chi connectivity index (χ1v) is 9.69. The summed E-state index contributed by atoms with van der Waals surface area (Å²) in [4.78, 5) is 29.0. The summed E-state index contributed by atoms with van der Waals surface area (Å²) in [5.41, 5.74) is 0.674. The highest BCUT2D eigenvalue weighted by molar-refractivity contribution is 5.84. The molecule has 1 aromatic carbocycles. The molecule has 6 nitrogen and oxygen atoms in total. The first-order valence-electron chi connectivity index (χ1n) is 9.69. The molecule has 1 heterocycles. The number of hydrogen-bond acceptors (Lipinski definition) is 3. The van der Waals surface area contributed by atoms with E-state index in [9.17, 15) is 9.59 Å². The summed E-state index contributed by atoms with van der Waals surface area (Å²) >= 11 is 0. The molecule has 0 spiro atoms. The molecule has 2 aromatic rings. The van der Waals surface area contributed by atoms with E-state index in [1.54, 1.807) is 22.1 Å². The molecule has 0 fully saturated rings. The smallest absolute Gasteiger partial charge is 0.318 e. The zero-order valence-electron chi connectivity index (χ0n) is 17.3. The maximum Gasteiger partial charge on any atom is 0.318 e. The summed E-state index contributed by atoms with van der Waals surface area (Å²) < 4.78 is 5.43. The van der Waals surface area contributed by atoms with E-state index in [0.717, 1.165) is 12.0 Å². The summed E-state index contributed by atoms with van der Waals surface area (Å²) in [6.45, 7) is 9.15. The zero-order valence-corrected chi connectivity index (χ0v) is 17.3. The number of urea groups is 1. The Morgan fingerprint density at radius 3 is 2.29 bits per heavy atom. The fourth-order valence-corrected chi connectivity index (χ4v) is 2.81. The van der Waals surface area contributed by atoms with Gasteiger partial charge in [-0.1, -0.05) is 37.3 Å². The van der Waals surface area contributed by atoms with E-state index in [2.05, 4.69) is 5.32 Å². The highest BCUT2D eigenvalue weighted by Crippen LogP contribution is 2.12. The molecule has 0 bridgehead atoms. The predicted octanol–water partition coefficient (Wildman–Crippen LogP) is 4.03. The molecule has 0 saturated heterocycles. The quantitative estimate of drug-likeness (QED) is 0.746. The van der Waals surface area contributed by atoms with Crippen LogP contribution in [0.25, 0.3) is 0 Å². The molecule has 28 heavy (non-hydrogen) atoms. The summed E-state index contributed by atoms with van der Waals surface area (Å²) in [7, 11) is 0. The largest absolute Gasteiger partial charge is 0.467 e. The lowest BCUT2D eigenvalue weighted by Crippen LogP contribution is -2.51. The van der Waals surface area contributed by atoms with E-state index < -0.39 is 0 Å². The van der Waals surface area contributed by atoms with Crippen LogP contribution in [0.1, 0.15) is 45.4 Å². The second kappa shape index (κ2) is 9.97. The van der Waals surface area contributed by atoms with Gasteiger partial charge in [0.1, 0.15) is 12.3 Å². The van der Waals surface area contributed by atoms with Crippen LogP contribution in [0.3, 0.4) is 0 Å². The minimum absolute atomic E-state index is 0.0310. The molecule has 0 saturated carbocycles. The molecule has 6 heteroatoms. The molecule has 1 N–H and O–H groups in total. The van der Waals surface area contributed by atoms with Crippen molar-refractivity contribution in [1.29, 1.82) is 0 Å². The third-order valence-electron chi connectivity index (χ3n) is 4.08. The van der Waals surface area contributed by atoms with Crippen LogP contribution < -0.4 is 5.32 Å². The zero-order chi connectivity index (χ0) is 20.6. The van der Waals surface area contributed by atoms with Gasteiger partial charge in [-0.25, -0.2) is 4.79 Å². The van der Waals surface area contributed by atoms with E-state index in [4.69, 9.17) is 4.42 Å². The van der Waals surface area contributed by atoms with Gasteiger partial charge in [0.15, 0.2) is 0 Å². The van der Waals surface area contributed by atoms with Gasteiger partial charge in [-0.3, -0.25) is 4.79 Å². The minimum Gasteiger partial charge on any atom is -0.467 e. The number of carbonyl (C=O) groups is 2. The van der Waals surface area contributed by atoms with Crippen LogP contribution in [-0.2, 0) is 17.9 Å². The SMILES string of the molecule is CCCN(CC(=O)N(Cc1ccccc1)Cc1ccco1)C(=O)NC(C)(C)C. The monoisotopic (exact) mass is 385 g/mol. The van der Waals surface area contributed by atoms with Gasteiger partial charge < -0.3 is 19.5 Å². The number of nitrogens with zero attached hydrogens (tertiary/aromatic N) is 2. The molecule has 1 aromatic heterocycles. The van der Waals surface area contributed by atoms with Crippen molar-refractivity contribution < 1.29 is 14.0 Å². The van der Waals surface area contributed by atoms with Crippen molar-refractivity contribution >= 4 is 11.9 Å². The maximum absolute atomic E-state index is 13.1. The molecule has 0 atom stereocenters. The first kappa shape index (κ1) is 21.5. The summed E-state index contributed by atoms with van der Waals surface area (Å²) in [5.74, 6) is 0.600. The van der Waals surface area contributed by atoms with Crippen molar-refractivity contribution in [1.82, 2.24) is 15.1 Å². The predicted molar refractivity (Wildman–Crippen MR) is 110 cm³/mol. The second-order valence-corrected chi connectivity index (χ2v) is 7.92. The van der Waals surface area contributed by atoms with Crippen molar-refractivity contribution in [3.05, 3.63) is 60.1 Å². The average Bonchev–Trinajstić information content (AvgIpc) is 3.13. The Morgan fingerprint density at radius 2 is 1.71 bits per heavy atom. The lowest BCUT2D eigenvalue weighted by atomic mass is 10.1. The minimum atomic E-state index is -0.357. The van der Waals surface area contributed by atoms with E-state index in [1.807, 2.05) is 64.1 Å². The average molecular weight is 386 g/mol. The van der Waals surface area contributed by atoms with Gasteiger partial charge >= 0.3 is 6.03 Å². The third kappa shape index (κ3) is 7.10. The molecule has 0 unspecified atom stereocenters. The van der Waals surface area contributed by atoms with Crippen LogP contribution in [0, 0.1) is 0 Å². The number of rotatable bonds is 8. The van der Waals surface area contributed by atoms with Gasteiger partial charge in [-0.15, -0.1) is 0 Å². The lowest BCUT2D eigenvalue weighted by Gasteiger charge is -2.30. The van der Waals surface area contributed by atoms with Gasteiger partial charge in [0.25, 0.3) is 0 Å². The van der Waals surface area contributed by atoms with Gasteiger partial charge in [-0.2, -0.15) is 0 Å². The van der Waals surface area contributed by atoms with Crippen molar-refractivity contribution in [3.8, 4) is 0 Å². The van der Waals surface area contributed by atoms with Crippen molar-refractivity contribution in [2.24, 2.45) is 0 Å². The fraction of sp³-hybridized carbons (Fsp3) is 0.455. The highest BCUT2D eigenvalue weighted by atomic mass is 16.3. The Balaban J connectivity index is 2.13. The van der Waals surface area contributed by atoms with E-state index in [1.165, 1.54) is 0 Å². The third-order valence-corrected chi connectivity index (χ3v) is 4.08. The Kier molecular flexibility index (Phi) is 7.67. The fourth-order valence-electron chi connectivity index (χ4n) is 2.81. The number of benzene rings is 1. The van der Waals surface area contributed by atoms with Crippen LogP contribution in [0.2, 0.25) is 0 Å². The molecular weight excluding hydrogens is 354 g/mol. The summed E-state index contributed by atoms with van der Waals surface area (Å²) in [6.07, 6.45) is 2.38. The number of nitrogens with one attached hydrogen (secondary N) is 1. The molecular formula is C22H31N3O3. The van der Waals surface area contributed by atoms with Crippen LogP contribution in [0.15, 0.2) is 53.1 Å². The van der Waals surface area contributed by atoms with E-state index in [0.29, 0.717) is 25.4 Å². The first-order chi connectivity index (χ1) is 13.3. The summed E-state index contributed by atoms with van der Waals surface area (Å²) in [6, 6.07) is 13.2. The summed E-state index contributed by atoms with van der Waals surface area (Å²) in [5, 5.41) is 2.94. The van der Waals surface area contributed by atoms with Crippen LogP contribution in [0.4, 0.5) is 4.79 Å². The molecule has 0 radical (unpaired) electrons. The normalized spacial score (nSPS) is 11.1. The second-order valence-electron chi connectivity index (χ2n) is 7.92. The number of hydrogen-bond donors (Lipinski definition) is 1. The Labute approximate surface area is 167 Å². The number of amides is 3. The van der Waals surface area contributed by atoms with E-state index in [-0.39, 0.29) is 24.0 Å². The van der Waals surface area contributed by atoms with Crippen LogP contribution in [0.5, 0.6) is 0 Å². The van der Waals surface area contributed by atoms with Gasteiger partial charge in [0.2, 0.25) is 5.91 Å². The van der Waals surface area contributed by atoms with Gasteiger partial charge in [0, 0.05) is 18.6 Å². The van der Waals surface area contributed by atoms with Crippen LogP contribution >= 0.6 is 0 Å². The Hall–Kier alpha value is -2.76. The topological polar surface area (TPSA) is 65.8 Å². The number of furan rings is 1. The van der Waals surface area contributed by atoms with Crippen molar-refractivity contribution in [2.45, 2.75) is 52.7 Å². The molecule has 0 aliphatic carbocycles. The van der Waals surface area contributed by atoms with Gasteiger partial charge in [-0.05, 0) is 44.9 Å². The Bertz CT molecular complexity index is 736. The lowest BCUT2D eigenvalue weighted by molar-refractivity contribution is -0.133. The Morgan fingerprint density at radius 1 is 1.00 bits per heavy atom. The molecule has 0 aliphatic rings. The molecule has 3 amide bonds. The molecule has 0 aliphatic heterocycles. The highest BCUT2D eigenvalue weighted by Gasteiger charge is 2.24. The van der Waals surface area contributed by atoms with Crippen molar-refractivity contribution in [2.75, 3.05) is 13.1 Å². The van der Waals surface area contributed by atoms with E-state index >= 15 is 0 Å². The standard InChI is InChI=1S/C22H31N3O3/c1-5-13-24(21(27)23-22(2,3)4)17-20(26)25(16-19-12-9-14-28-19)15-18-10-7-6-8-11-18/h6-12,14H,5,13,15-17H2,1-4H3,(H,23,27). The number of carbonyl (C=O) groups excluding carboxylic acids is 2. The van der Waals surface area contributed by atoms with Crippen LogP contribution in [-0.4, -0.2) is 40.4 Å². The van der Waals surface area contributed by atoms with Gasteiger partial charge in [0.05, 0.1) is 12.8 Å². The van der Waals surface area contributed by atoms with Crippen molar-refractivity contribution in [3.63, 3.8) is 0 Å². The molecule has 2 rings (SSSR count). The molecule has 152 valence electrons.